The van der Waals surface area contributed by atoms with Gasteiger partial charge in [0, 0.05) is 30.2 Å². The van der Waals surface area contributed by atoms with Gasteiger partial charge in [-0.3, -0.25) is 24.5 Å². The molecule has 29 heavy (non-hydrogen) atoms. The van der Waals surface area contributed by atoms with Crippen LogP contribution in [0.1, 0.15) is 22.3 Å². The minimum atomic E-state index is -0.831. The molecule has 1 fully saturated rings. The van der Waals surface area contributed by atoms with Gasteiger partial charge < -0.3 is 9.64 Å². The lowest BCUT2D eigenvalue weighted by Crippen LogP contribution is -2.27. The van der Waals surface area contributed by atoms with E-state index in [2.05, 4.69) is 0 Å². The number of ketones is 1. The number of rotatable bonds is 6. The zero-order chi connectivity index (χ0) is 21.1. The third-order valence-electron chi connectivity index (χ3n) is 4.67. The topological polar surface area (TPSA) is 107 Å². The number of anilines is 1. The van der Waals surface area contributed by atoms with Crippen LogP contribution in [0.3, 0.4) is 0 Å². The average molecular weight is 400 g/mol. The summed E-state index contributed by atoms with van der Waals surface area (Å²) in [6.45, 7) is 0.886. The number of benzene rings is 2. The van der Waals surface area contributed by atoms with E-state index in [1.807, 2.05) is 0 Å². The first-order valence-electron chi connectivity index (χ1n) is 8.77. The maximum atomic E-state index is 13.9. The summed E-state index contributed by atoms with van der Waals surface area (Å²) in [5, 5.41) is 11.0. The number of amides is 1. The van der Waals surface area contributed by atoms with E-state index in [1.54, 1.807) is 13.0 Å². The Bertz CT molecular complexity index is 1010. The van der Waals surface area contributed by atoms with Crippen molar-refractivity contribution in [1.82, 2.24) is 0 Å². The normalized spacial score (nSPS) is 16.0. The molecular formula is C20H17FN2O6. The van der Waals surface area contributed by atoms with Crippen LogP contribution in [0.5, 0.6) is 0 Å². The number of hydrogen-bond donors (Lipinski definition) is 0. The summed E-state index contributed by atoms with van der Waals surface area (Å²) >= 11 is 0. The van der Waals surface area contributed by atoms with Crippen LogP contribution in [0.25, 0.3) is 0 Å². The lowest BCUT2D eigenvalue weighted by molar-refractivity contribution is -0.385. The Morgan fingerprint density at radius 3 is 2.69 bits per heavy atom. The van der Waals surface area contributed by atoms with Crippen LogP contribution in [0.2, 0.25) is 0 Å². The number of para-hydroxylation sites is 1. The number of aryl methyl sites for hydroxylation is 1. The van der Waals surface area contributed by atoms with Gasteiger partial charge in [0.25, 0.3) is 5.69 Å². The van der Waals surface area contributed by atoms with Crippen LogP contribution < -0.4 is 4.90 Å². The fourth-order valence-corrected chi connectivity index (χ4v) is 3.09. The van der Waals surface area contributed by atoms with Gasteiger partial charge >= 0.3 is 5.97 Å². The summed E-state index contributed by atoms with van der Waals surface area (Å²) in [6.07, 6.45) is -0.155. The molecule has 0 radical (unpaired) electrons. The van der Waals surface area contributed by atoms with Gasteiger partial charge in [-0.15, -0.1) is 0 Å². The van der Waals surface area contributed by atoms with Crippen molar-refractivity contribution in [2.24, 2.45) is 5.92 Å². The molecule has 3 rings (SSSR count). The molecule has 8 nitrogen and oxygen atoms in total. The molecule has 0 spiro atoms. The maximum Gasteiger partial charge on any atom is 0.311 e. The smallest absolute Gasteiger partial charge is 0.311 e. The highest BCUT2D eigenvalue weighted by atomic mass is 19.1. The van der Waals surface area contributed by atoms with E-state index >= 15 is 0 Å². The van der Waals surface area contributed by atoms with E-state index in [-0.39, 0.29) is 29.9 Å². The fraction of sp³-hybridized carbons (Fsp3) is 0.250. The number of halogens is 1. The molecular weight excluding hydrogens is 383 g/mol. The lowest BCUT2D eigenvalue weighted by atomic mass is 10.1. The zero-order valence-corrected chi connectivity index (χ0v) is 15.5. The number of carbonyl (C=O) groups is 3. The van der Waals surface area contributed by atoms with Crippen LogP contribution in [0.15, 0.2) is 42.5 Å². The first kappa shape index (κ1) is 20.1. The minimum absolute atomic E-state index is 0.0468. The van der Waals surface area contributed by atoms with E-state index < -0.39 is 40.9 Å². The second kappa shape index (κ2) is 8.17. The number of nitro benzene ring substituents is 1. The molecule has 0 aliphatic carbocycles. The zero-order valence-electron chi connectivity index (χ0n) is 15.5. The first-order chi connectivity index (χ1) is 13.8. The second-order valence-corrected chi connectivity index (χ2v) is 6.65. The summed E-state index contributed by atoms with van der Waals surface area (Å²) in [7, 11) is 0. The Balaban J connectivity index is 1.62. The summed E-state index contributed by atoms with van der Waals surface area (Å²) in [6, 6.07) is 9.71. The maximum absolute atomic E-state index is 13.9. The number of nitrogens with zero attached hydrogens (tertiary/aromatic N) is 2. The molecule has 0 bridgehead atoms. The van der Waals surface area contributed by atoms with E-state index in [0.717, 1.165) is 6.07 Å². The van der Waals surface area contributed by atoms with Crippen LogP contribution in [0.4, 0.5) is 15.8 Å². The lowest BCUT2D eigenvalue weighted by Gasteiger charge is -2.17. The van der Waals surface area contributed by atoms with Crippen molar-refractivity contribution in [3.63, 3.8) is 0 Å². The van der Waals surface area contributed by atoms with Crippen molar-refractivity contribution < 1.29 is 28.4 Å². The first-order valence-corrected chi connectivity index (χ1v) is 8.77. The van der Waals surface area contributed by atoms with Crippen LogP contribution in [-0.2, 0) is 14.3 Å². The van der Waals surface area contributed by atoms with Crippen molar-refractivity contribution in [2.45, 2.75) is 13.3 Å². The Labute approximate surface area is 165 Å². The standard InChI is InChI=1S/C20H17FN2O6/c1-12-6-7-13(8-17(12)23(27)28)18(24)11-29-20(26)14-9-19(25)22(10-14)16-5-3-2-4-15(16)21/h2-8,14H,9-11H2,1H3/t14-/m0/s1. The molecule has 1 amide bonds. The molecule has 9 heteroatoms. The van der Waals surface area contributed by atoms with Gasteiger partial charge in [0.05, 0.1) is 16.5 Å². The monoisotopic (exact) mass is 400 g/mol. The van der Waals surface area contributed by atoms with Gasteiger partial charge in [-0.05, 0) is 19.1 Å². The SMILES string of the molecule is Cc1ccc(C(=O)COC(=O)[C@H]2CC(=O)N(c3ccccc3F)C2)cc1[N+](=O)[O-]. The molecule has 0 aromatic heterocycles. The average Bonchev–Trinajstić information content (AvgIpc) is 3.08. The van der Waals surface area contributed by atoms with Crippen molar-refractivity contribution in [3.05, 3.63) is 69.5 Å². The van der Waals surface area contributed by atoms with Crippen LogP contribution in [-0.4, -0.2) is 35.7 Å². The number of ether oxygens (including phenoxy) is 1. The van der Waals surface area contributed by atoms with E-state index in [0.29, 0.717) is 5.56 Å². The van der Waals surface area contributed by atoms with Gasteiger partial charge in [-0.1, -0.05) is 24.3 Å². The van der Waals surface area contributed by atoms with Crippen molar-refractivity contribution in [1.29, 1.82) is 0 Å². The van der Waals surface area contributed by atoms with Crippen molar-refractivity contribution >= 4 is 29.0 Å². The number of carbonyl (C=O) groups excluding carboxylic acids is 3. The third-order valence-corrected chi connectivity index (χ3v) is 4.67. The van der Waals surface area contributed by atoms with Gasteiger partial charge in [-0.2, -0.15) is 0 Å². The van der Waals surface area contributed by atoms with Crippen molar-refractivity contribution in [3.8, 4) is 0 Å². The summed E-state index contributed by atoms with van der Waals surface area (Å²) < 4.78 is 18.9. The number of nitro groups is 1. The van der Waals surface area contributed by atoms with Gasteiger partial charge in [0.2, 0.25) is 11.7 Å². The number of hydrogen-bond acceptors (Lipinski definition) is 6. The van der Waals surface area contributed by atoms with E-state index in [9.17, 15) is 28.9 Å². The predicted molar refractivity (Wildman–Crippen MR) is 100.0 cm³/mol. The van der Waals surface area contributed by atoms with Crippen LogP contribution >= 0.6 is 0 Å². The molecule has 1 aliphatic heterocycles. The molecule has 150 valence electrons. The number of Topliss-reactive ketones (excluding diaryl/α,β-unsaturated/α-hetero) is 1. The molecule has 2 aromatic rings. The Morgan fingerprint density at radius 2 is 2.00 bits per heavy atom. The summed E-state index contributed by atoms with van der Waals surface area (Å²) in [5.74, 6) is -3.19. The molecule has 2 aromatic carbocycles. The quantitative estimate of drug-likeness (QED) is 0.319. The fourth-order valence-electron chi connectivity index (χ4n) is 3.09. The molecule has 0 unspecified atom stereocenters. The molecule has 1 aliphatic rings. The summed E-state index contributed by atoms with van der Waals surface area (Å²) in [5.41, 5.74) is 0.326. The molecule has 1 heterocycles. The third kappa shape index (κ3) is 4.29. The Morgan fingerprint density at radius 1 is 1.28 bits per heavy atom. The Hall–Kier alpha value is -3.62. The minimum Gasteiger partial charge on any atom is -0.457 e. The van der Waals surface area contributed by atoms with Crippen molar-refractivity contribution in [2.75, 3.05) is 18.1 Å². The largest absolute Gasteiger partial charge is 0.457 e. The second-order valence-electron chi connectivity index (χ2n) is 6.65. The molecule has 0 N–H and O–H groups in total. The highest BCUT2D eigenvalue weighted by Gasteiger charge is 2.37. The summed E-state index contributed by atoms with van der Waals surface area (Å²) in [4.78, 5) is 48.2. The molecule has 1 saturated heterocycles. The highest BCUT2D eigenvalue weighted by molar-refractivity contribution is 6.01. The van der Waals surface area contributed by atoms with Gasteiger partial charge in [-0.25, -0.2) is 4.39 Å². The Kier molecular flexibility index (Phi) is 5.67. The van der Waals surface area contributed by atoms with E-state index in [1.165, 1.54) is 35.2 Å². The van der Waals surface area contributed by atoms with Gasteiger partial charge in [0.15, 0.2) is 6.61 Å². The van der Waals surface area contributed by atoms with Gasteiger partial charge in [0.1, 0.15) is 5.82 Å². The predicted octanol–water partition coefficient (Wildman–Crippen LogP) is 2.82. The van der Waals surface area contributed by atoms with E-state index in [4.69, 9.17) is 4.74 Å². The highest BCUT2D eigenvalue weighted by Crippen LogP contribution is 2.28. The number of esters is 1. The molecule has 1 atom stereocenters. The van der Waals surface area contributed by atoms with Crippen LogP contribution in [0, 0.1) is 28.8 Å². The molecule has 0 saturated carbocycles.